The molecular weight excluding hydrogens is 294 g/mol. The molecule has 0 aromatic rings. The molecule has 0 atom stereocenters. The standard InChI is InChI=1S/C9H14O6.C5H9NO/c1-6(10)13-4-9(15-8(3)12)5-14-7(2)11;1-6-4-2-3-5(6)7/h9H,4-5H2,1-3H3;2-4H2,1H3. The topological polar surface area (TPSA) is 99.2 Å². The molecule has 0 aromatic carbocycles. The van der Waals surface area contributed by atoms with E-state index in [-0.39, 0.29) is 13.2 Å². The lowest BCUT2D eigenvalue weighted by molar-refractivity contribution is -0.163. The molecule has 1 saturated heterocycles. The van der Waals surface area contributed by atoms with Gasteiger partial charge in [0, 0.05) is 40.8 Å². The van der Waals surface area contributed by atoms with Crippen molar-refractivity contribution in [2.75, 3.05) is 26.8 Å². The first-order valence-corrected chi connectivity index (χ1v) is 6.90. The third-order valence-electron chi connectivity index (χ3n) is 2.59. The number of rotatable bonds is 5. The fourth-order valence-corrected chi connectivity index (χ4v) is 1.55. The van der Waals surface area contributed by atoms with Crippen molar-refractivity contribution < 1.29 is 33.4 Å². The minimum absolute atomic E-state index is 0.123. The molecule has 0 spiro atoms. The molecule has 0 bridgehead atoms. The van der Waals surface area contributed by atoms with Gasteiger partial charge in [0.05, 0.1) is 0 Å². The third-order valence-corrected chi connectivity index (χ3v) is 2.59. The van der Waals surface area contributed by atoms with Crippen LogP contribution in [0, 0.1) is 0 Å². The first-order valence-electron chi connectivity index (χ1n) is 6.90. The number of amides is 1. The van der Waals surface area contributed by atoms with E-state index in [0.717, 1.165) is 19.4 Å². The maximum atomic E-state index is 10.6. The predicted molar refractivity (Wildman–Crippen MR) is 75.7 cm³/mol. The van der Waals surface area contributed by atoms with Gasteiger partial charge in [0.1, 0.15) is 13.2 Å². The Morgan fingerprint density at radius 3 is 1.77 bits per heavy atom. The first-order chi connectivity index (χ1) is 10.2. The highest BCUT2D eigenvalue weighted by Crippen LogP contribution is 2.04. The van der Waals surface area contributed by atoms with Crippen LogP contribution < -0.4 is 0 Å². The van der Waals surface area contributed by atoms with Crippen LogP contribution in [-0.2, 0) is 33.4 Å². The molecule has 0 N–H and O–H groups in total. The molecule has 126 valence electrons. The maximum Gasteiger partial charge on any atom is 0.303 e. The van der Waals surface area contributed by atoms with Crippen LogP contribution in [0.5, 0.6) is 0 Å². The second kappa shape index (κ2) is 10.6. The number of nitrogens with zero attached hydrogens (tertiary/aromatic N) is 1. The van der Waals surface area contributed by atoms with Crippen molar-refractivity contribution in [3.63, 3.8) is 0 Å². The second-order valence-corrected chi connectivity index (χ2v) is 4.76. The van der Waals surface area contributed by atoms with Crippen LogP contribution in [0.25, 0.3) is 0 Å². The van der Waals surface area contributed by atoms with E-state index in [1.54, 1.807) is 4.90 Å². The molecule has 0 radical (unpaired) electrons. The summed E-state index contributed by atoms with van der Waals surface area (Å²) in [5.74, 6) is -1.22. The van der Waals surface area contributed by atoms with Gasteiger partial charge in [-0.3, -0.25) is 19.2 Å². The monoisotopic (exact) mass is 317 g/mol. The van der Waals surface area contributed by atoms with Crippen molar-refractivity contribution in [2.24, 2.45) is 0 Å². The van der Waals surface area contributed by atoms with Gasteiger partial charge in [-0.05, 0) is 6.42 Å². The molecular formula is C14H23NO7. The van der Waals surface area contributed by atoms with Gasteiger partial charge >= 0.3 is 17.9 Å². The Morgan fingerprint density at radius 2 is 1.55 bits per heavy atom. The molecule has 0 aromatic heterocycles. The summed E-state index contributed by atoms with van der Waals surface area (Å²) in [6, 6.07) is 0. The number of carbonyl (C=O) groups excluding carboxylic acids is 4. The van der Waals surface area contributed by atoms with Crippen molar-refractivity contribution in [1.82, 2.24) is 4.90 Å². The van der Waals surface area contributed by atoms with E-state index in [4.69, 9.17) is 4.74 Å². The van der Waals surface area contributed by atoms with E-state index in [1.165, 1.54) is 20.8 Å². The molecule has 0 saturated carbocycles. The predicted octanol–water partition coefficient (Wildman–Crippen LogP) is 0.283. The van der Waals surface area contributed by atoms with Gasteiger partial charge in [0.15, 0.2) is 6.10 Å². The largest absolute Gasteiger partial charge is 0.462 e. The van der Waals surface area contributed by atoms with Crippen LogP contribution in [0.3, 0.4) is 0 Å². The van der Waals surface area contributed by atoms with Crippen molar-refractivity contribution in [1.29, 1.82) is 0 Å². The Hall–Kier alpha value is -2.12. The Bertz CT molecular complexity index is 390. The normalized spacial score (nSPS) is 13.3. The fraction of sp³-hybridized carbons (Fsp3) is 0.714. The summed E-state index contributed by atoms with van der Waals surface area (Å²) in [5, 5.41) is 0. The molecule has 1 heterocycles. The smallest absolute Gasteiger partial charge is 0.303 e. The first kappa shape index (κ1) is 19.9. The van der Waals surface area contributed by atoms with Gasteiger partial charge in [-0.1, -0.05) is 0 Å². The maximum absolute atomic E-state index is 10.6. The quantitative estimate of drug-likeness (QED) is 0.530. The van der Waals surface area contributed by atoms with E-state index in [0.29, 0.717) is 5.91 Å². The fourth-order valence-electron chi connectivity index (χ4n) is 1.55. The molecule has 1 fully saturated rings. The lowest BCUT2D eigenvalue weighted by Gasteiger charge is -2.15. The summed E-state index contributed by atoms with van der Waals surface area (Å²) >= 11 is 0. The summed E-state index contributed by atoms with van der Waals surface area (Å²) in [4.78, 5) is 43.9. The Balaban J connectivity index is 0.000000518. The van der Waals surface area contributed by atoms with Crippen LogP contribution in [0.2, 0.25) is 0 Å². The summed E-state index contributed by atoms with van der Waals surface area (Å²) in [6.07, 6.45) is 1.06. The molecule has 1 aliphatic heterocycles. The molecule has 0 unspecified atom stereocenters. The highest BCUT2D eigenvalue weighted by atomic mass is 16.6. The van der Waals surface area contributed by atoms with Crippen LogP contribution in [0.15, 0.2) is 0 Å². The zero-order valence-electron chi connectivity index (χ0n) is 13.4. The third kappa shape index (κ3) is 10.6. The number of hydrogen-bond acceptors (Lipinski definition) is 7. The van der Waals surface area contributed by atoms with Crippen molar-refractivity contribution in [3.8, 4) is 0 Å². The molecule has 1 amide bonds. The molecule has 8 heteroatoms. The van der Waals surface area contributed by atoms with Gasteiger partial charge in [-0.15, -0.1) is 0 Å². The van der Waals surface area contributed by atoms with Crippen LogP contribution in [0.1, 0.15) is 33.6 Å². The second-order valence-electron chi connectivity index (χ2n) is 4.76. The van der Waals surface area contributed by atoms with Gasteiger partial charge in [0.25, 0.3) is 0 Å². The zero-order chi connectivity index (χ0) is 17.1. The average Bonchev–Trinajstić information content (AvgIpc) is 2.77. The van der Waals surface area contributed by atoms with E-state index in [1.807, 2.05) is 7.05 Å². The average molecular weight is 317 g/mol. The van der Waals surface area contributed by atoms with Crippen molar-refractivity contribution in [3.05, 3.63) is 0 Å². The minimum atomic E-state index is -0.754. The number of esters is 3. The highest BCUT2D eigenvalue weighted by Gasteiger charge is 2.15. The molecule has 1 aliphatic rings. The Morgan fingerprint density at radius 1 is 1.05 bits per heavy atom. The lowest BCUT2D eigenvalue weighted by atomic mass is 10.4. The van der Waals surface area contributed by atoms with Gasteiger partial charge in [0.2, 0.25) is 5.91 Å². The molecule has 1 rings (SSSR count). The van der Waals surface area contributed by atoms with Gasteiger partial charge < -0.3 is 19.1 Å². The summed E-state index contributed by atoms with van der Waals surface area (Å²) < 4.78 is 14.0. The number of likely N-dealkylation sites (tertiary alicyclic amines) is 1. The Labute approximate surface area is 129 Å². The molecule has 0 aliphatic carbocycles. The van der Waals surface area contributed by atoms with E-state index in [2.05, 4.69) is 9.47 Å². The van der Waals surface area contributed by atoms with Crippen LogP contribution in [0.4, 0.5) is 0 Å². The molecule has 8 nitrogen and oxygen atoms in total. The lowest BCUT2D eigenvalue weighted by Crippen LogP contribution is -2.29. The minimum Gasteiger partial charge on any atom is -0.462 e. The highest BCUT2D eigenvalue weighted by molar-refractivity contribution is 5.77. The van der Waals surface area contributed by atoms with Crippen LogP contribution in [-0.4, -0.2) is 61.6 Å². The van der Waals surface area contributed by atoms with Gasteiger partial charge in [-0.25, -0.2) is 0 Å². The van der Waals surface area contributed by atoms with Gasteiger partial charge in [-0.2, -0.15) is 0 Å². The number of hydrogen-bond donors (Lipinski definition) is 0. The van der Waals surface area contributed by atoms with E-state index < -0.39 is 24.0 Å². The van der Waals surface area contributed by atoms with E-state index in [9.17, 15) is 19.2 Å². The zero-order valence-corrected chi connectivity index (χ0v) is 13.4. The van der Waals surface area contributed by atoms with Crippen molar-refractivity contribution >= 4 is 23.8 Å². The number of ether oxygens (including phenoxy) is 3. The summed E-state index contributed by atoms with van der Waals surface area (Å²) in [6.45, 7) is 4.39. The van der Waals surface area contributed by atoms with Crippen molar-refractivity contribution in [2.45, 2.75) is 39.7 Å². The number of carbonyl (C=O) groups is 4. The van der Waals surface area contributed by atoms with E-state index >= 15 is 0 Å². The molecule has 22 heavy (non-hydrogen) atoms. The van der Waals surface area contributed by atoms with Crippen LogP contribution >= 0.6 is 0 Å². The Kier molecular flexibility index (Phi) is 9.56. The SMILES string of the molecule is CC(=O)OCC(COC(C)=O)OC(C)=O.CN1CCCC1=O. The summed E-state index contributed by atoms with van der Waals surface area (Å²) in [5.41, 5.74) is 0. The summed E-state index contributed by atoms with van der Waals surface area (Å²) in [7, 11) is 1.84.